The molecule has 0 aromatic heterocycles. The molecule has 0 bridgehead atoms. The van der Waals surface area contributed by atoms with E-state index in [0.29, 0.717) is 28.1 Å². The topological polar surface area (TPSA) is 66.5 Å². The monoisotopic (exact) mass is 422 g/mol. The van der Waals surface area contributed by atoms with Gasteiger partial charge in [0.1, 0.15) is 5.82 Å². The van der Waals surface area contributed by atoms with E-state index in [0.717, 1.165) is 0 Å². The number of carbonyl (C=O) groups is 1. The number of amides is 1. The molecule has 0 radical (unpaired) electrons. The summed E-state index contributed by atoms with van der Waals surface area (Å²) in [6.45, 7) is 1.89. The minimum absolute atomic E-state index is 0.175. The highest BCUT2D eigenvalue weighted by atomic mass is 32.2. The van der Waals surface area contributed by atoms with Crippen molar-refractivity contribution in [3.05, 3.63) is 101 Å². The smallest absolute Gasteiger partial charge is 0.270 e. The van der Waals surface area contributed by atoms with Crippen LogP contribution in [0.5, 0.6) is 0 Å². The molecule has 0 atom stereocenters. The minimum atomic E-state index is -4.13. The predicted octanol–water partition coefficient (Wildman–Crippen LogP) is 4.39. The number of nitrogens with one attached hydrogen (secondary N) is 1. The summed E-state index contributed by atoms with van der Waals surface area (Å²) in [4.78, 5) is 12.9. The van der Waals surface area contributed by atoms with Gasteiger partial charge >= 0.3 is 0 Å². The fraction of sp³-hybridized carbons (Fsp3) is 0.0870. The molecule has 3 aromatic carbocycles. The number of fused-ring (bicyclic) bond motifs is 1. The van der Waals surface area contributed by atoms with Crippen LogP contribution >= 0.6 is 0 Å². The van der Waals surface area contributed by atoms with Crippen molar-refractivity contribution in [1.82, 2.24) is 0 Å². The van der Waals surface area contributed by atoms with Crippen molar-refractivity contribution in [2.75, 3.05) is 16.2 Å². The summed E-state index contributed by atoms with van der Waals surface area (Å²) in [6, 6.07) is 21.2. The lowest BCUT2D eigenvalue weighted by Gasteiger charge is -2.32. The number of rotatable bonds is 4. The first-order valence-corrected chi connectivity index (χ1v) is 10.9. The van der Waals surface area contributed by atoms with Gasteiger partial charge in [0, 0.05) is 23.4 Å². The highest BCUT2D eigenvalue weighted by Crippen LogP contribution is 2.42. The molecule has 0 spiro atoms. The number of sulfonamides is 1. The SMILES string of the molecule is CCN1c2ccccc2C(c2ccccc2)=C(C(=O)Nc2ccc(F)cc2)S1(=O)=O. The van der Waals surface area contributed by atoms with Crippen LogP contribution in [0.1, 0.15) is 18.1 Å². The summed E-state index contributed by atoms with van der Waals surface area (Å²) in [7, 11) is -4.13. The molecule has 1 N–H and O–H groups in total. The lowest BCUT2D eigenvalue weighted by atomic mass is 9.95. The second kappa shape index (κ2) is 7.76. The number of carbonyl (C=O) groups excluding carboxylic acids is 1. The molecule has 0 fully saturated rings. The van der Waals surface area contributed by atoms with Gasteiger partial charge in [0.2, 0.25) is 0 Å². The Bertz CT molecular complexity index is 1240. The largest absolute Gasteiger partial charge is 0.321 e. The van der Waals surface area contributed by atoms with E-state index in [4.69, 9.17) is 0 Å². The van der Waals surface area contributed by atoms with Crippen molar-refractivity contribution in [2.24, 2.45) is 0 Å². The normalized spacial score (nSPS) is 14.9. The molecule has 0 aliphatic carbocycles. The highest BCUT2D eigenvalue weighted by molar-refractivity contribution is 7.97. The first-order chi connectivity index (χ1) is 14.4. The van der Waals surface area contributed by atoms with Gasteiger partial charge in [-0.15, -0.1) is 0 Å². The molecule has 3 aromatic rings. The average molecular weight is 422 g/mol. The summed E-state index contributed by atoms with van der Waals surface area (Å²) >= 11 is 0. The zero-order chi connectivity index (χ0) is 21.3. The Balaban J connectivity index is 1.97. The summed E-state index contributed by atoms with van der Waals surface area (Å²) in [5, 5.41) is 2.60. The standard InChI is InChI=1S/C23H19FN2O3S/c1-2-26-20-11-7-6-10-19(20)21(16-8-4-3-5-9-16)22(30(26,28)29)23(27)25-18-14-12-17(24)13-15-18/h3-15H,2H2,1H3,(H,25,27). The van der Waals surface area contributed by atoms with Crippen molar-refractivity contribution in [3.8, 4) is 0 Å². The molecule has 1 aliphatic heterocycles. The van der Waals surface area contributed by atoms with Crippen LogP contribution in [0.25, 0.3) is 5.57 Å². The Morgan fingerprint density at radius 2 is 1.57 bits per heavy atom. The third-order valence-electron chi connectivity index (χ3n) is 4.88. The van der Waals surface area contributed by atoms with E-state index in [-0.39, 0.29) is 11.4 Å². The van der Waals surface area contributed by atoms with Crippen LogP contribution in [0.15, 0.2) is 83.8 Å². The molecule has 0 saturated heterocycles. The van der Waals surface area contributed by atoms with Crippen LogP contribution in [-0.2, 0) is 14.8 Å². The predicted molar refractivity (Wildman–Crippen MR) is 116 cm³/mol. The molecule has 30 heavy (non-hydrogen) atoms. The van der Waals surface area contributed by atoms with E-state index in [1.54, 1.807) is 49.4 Å². The molecule has 1 amide bonds. The summed E-state index contributed by atoms with van der Waals surface area (Å²) < 4.78 is 41.5. The molecule has 4 rings (SSSR count). The van der Waals surface area contributed by atoms with Gasteiger partial charge in [-0.1, -0.05) is 48.5 Å². The van der Waals surface area contributed by atoms with Crippen molar-refractivity contribution >= 4 is 32.9 Å². The van der Waals surface area contributed by atoms with Gasteiger partial charge in [-0.05, 0) is 42.8 Å². The number of halogens is 1. The van der Waals surface area contributed by atoms with Gasteiger partial charge in [0.05, 0.1) is 5.69 Å². The van der Waals surface area contributed by atoms with E-state index >= 15 is 0 Å². The number of benzene rings is 3. The quantitative estimate of drug-likeness (QED) is 0.678. The van der Waals surface area contributed by atoms with Crippen LogP contribution in [0, 0.1) is 5.82 Å². The summed E-state index contributed by atoms with van der Waals surface area (Å²) in [5.74, 6) is -1.22. The molecule has 0 saturated carbocycles. The molecule has 152 valence electrons. The van der Waals surface area contributed by atoms with Gasteiger partial charge in [-0.2, -0.15) is 0 Å². The van der Waals surface area contributed by atoms with Crippen LogP contribution in [0.4, 0.5) is 15.8 Å². The Hall–Kier alpha value is -3.45. The minimum Gasteiger partial charge on any atom is -0.321 e. The van der Waals surface area contributed by atoms with Crippen LogP contribution in [-0.4, -0.2) is 20.9 Å². The number of nitrogens with zero attached hydrogens (tertiary/aromatic N) is 1. The van der Waals surface area contributed by atoms with Crippen molar-refractivity contribution in [1.29, 1.82) is 0 Å². The van der Waals surface area contributed by atoms with Gasteiger partial charge in [0.25, 0.3) is 15.9 Å². The van der Waals surface area contributed by atoms with Gasteiger partial charge in [0.15, 0.2) is 4.91 Å². The van der Waals surface area contributed by atoms with Crippen LogP contribution < -0.4 is 9.62 Å². The van der Waals surface area contributed by atoms with E-state index in [1.165, 1.54) is 28.6 Å². The third-order valence-corrected chi connectivity index (χ3v) is 6.82. The highest BCUT2D eigenvalue weighted by Gasteiger charge is 2.40. The lowest BCUT2D eigenvalue weighted by molar-refractivity contribution is -0.112. The van der Waals surface area contributed by atoms with Crippen LogP contribution in [0.2, 0.25) is 0 Å². The van der Waals surface area contributed by atoms with E-state index in [1.807, 2.05) is 12.1 Å². The maximum absolute atomic E-state index is 13.5. The zero-order valence-electron chi connectivity index (χ0n) is 16.2. The van der Waals surface area contributed by atoms with Crippen molar-refractivity contribution < 1.29 is 17.6 Å². The second-order valence-corrected chi connectivity index (χ2v) is 8.52. The van der Waals surface area contributed by atoms with Gasteiger partial charge in [-0.3, -0.25) is 9.10 Å². The number of hydrogen-bond acceptors (Lipinski definition) is 3. The molecule has 1 aliphatic rings. The Labute approximate surface area is 174 Å². The molecular formula is C23H19FN2O3S. The third kappa shape index (κ3) is 3.37. The fourth-order valence-electron chi connectivity index (χ4n) is 3.58. The Kier molecular flexibility index (Phi) is 5.13. The van der Waals surface area contributed by atoms with Crippen molar-refractivity contribution in [3.63, 3.8) is 0 Å². The maximum Gasteiger partial charge on any atom is 0.270 e. The maximum atomic E-state index is 13.5. The number of hydrogen-bond donors (Lipinski definition) is 1. The molecule has 5 nitrogen and oxygen atoms in total. The van der Waals surface area contributed by atoms with E-state index in [9.17, 15) is 17.6 Å². The molecule has 1 heterocycles. The first-order valence-electron chi connectivity index (χ1n) is 9.42. The zero-order valence-corrected chi connectivity index (χ0v) is 17.0. The second-order valence-electron chi connectivity index (χ2n) is 6.72. The first kappa shape index (κ1) is 19.8. The lowest BCUT2D eigenvalue weighted by Crippen LogP contribution is -2.39. The van der Waals surface area contributed by atoms with E-state index in [2.05, 4.69) is 5.32 Å². The number of para-hydroxylation sites is 1. The fourth-order valence-corrected chi connectivity index (χ4v) is 5.33. The Morgan fingerprint density at radius 1 is 0.933 bits per heavy atom. The molecule has 0 unspecified atom stereocenters. The van der Waals surface area contributed by atoms with Crippen LogP contribution in [0.3, 0.4) is 0 Å². The summed E-state index contributed by atoms with van der Waals surface area (Å²) in [6.07, 6.45) is 0. The number of anilines is 2. The average Bonchev–Trinajstić information content (AvgIpc) is 2.74. The van der Waals surface area contributed by atoms with Gasteiger partial charge < -0.3 is 5.32 Å². The Morgan fingerprint density at radius 3 is 2.23 bits per heavy atom. The molecular weight excluding hydrogens is 403 g/mol. The van der Waals surface area contributed by atoms with E-state index < -0.39 is 21.7 Å². The van der Waals surface area contributed by atoms with Crippen molar-refractivity contribution in [2.45, 2.75) is 6.92 Å². The molecule has 7 heteroatoms. The van der Waals surface area contributed by atoms with Gasteiger partial charge in [-0.25, -0.2) is 12.8 Å². The summed E-state index contributed by atoms with van der Waals surface area (Å²) in [5.41, 5.74) is 2.45.